The molecule has 2 heteroatoms. The zero-order valence-corrected chi connectivity index (χ0v) is 8.05. The van der Waals surface area contributed by atoms with Crippen molar-refractivity contribution in [3.05, 3.63) is 0 Å². The van der Waals surface area contributed by atoms with Gasteiger partial charge < -0.3 is 4.90 Å². The van der Waals surface area contributed by atoms with Crippen LogP contribution in [0.2, 0.25) is 0 Å². The van der Waals surface area contributed by atoms with Gasteiger partial charge in [-0.1, -0.05) is 13.8 Å². The third kappa shape index (κ3) is 2.91. The van der Waals surface area contributed by atoms with Crippen LogP contribution in [0, 0.1) is 0 Å². The van der Waals surface area contributed by atoms with Crippen LogP contribution in [0.5, 0.6) is 0 Å². The first-order valence-corrected chi connectivity index (χ1v) is 4.49. The highest BCUT2D eigenvalue weighted by Gasteiger charge is 2.21. The predicted octanol–water partition coefficient (Wildman–Crippen LogP) is 2.04. The molecule has 1 amide bonds. The van der Waals surface area contributed by atoms with Crippen LogP contribution in [0.25, 0.3) is 0 Å². The van der Waals surface area contributed by atoms with Crippen LogP contribution >= 0.6 is 0 Å². The Kier molecular flexibility index (Phi) is 4.92. The summed E-state index contributed by atoms with van der Waals surface area (Å²) in [4.78, 5) is 12.7. The number of nitrogens with zero attached hydrogens (tertiary/aromatic N) is 1. The Labute approximate surface area is 69.6 Å². The fourth-order valence-corrected chi connectivity index (χ4v) is 1.40. The standard InChI is InChI=1S/C7H13NO.C2H6/c1-6-4-3-5-8(6)7(2)9;1-2/h6H,3-5H2,1-2H3;1-2H3. The van der Waals surface area contributed by atoms with Crippen molar-refractivity contribution < 1.29 is 4.79 Å². The van der Waals surface area contributed by atoms with E-state index in [4.69, 9.17) is 0 Å². The smallest absolute Gasteiger partial charge is 0.219 e. The predicted molar refractivity (Wildman–Crippen MR) is 47.4 cm³/mol. The summed E-state index contributed by atoms with van der Waals surface area (Å²) < 4.78 is 0. The summed E-state index contributed by atoms with van der Waals surface area (Å²) >= 11 is 0. The molecule has 0 aliphatic carbocycles. The molecule has 2 nitrogen and oxygen atoms in total. The van der Waals surface area contributed by atoms with Gasteiger partial charge in [-0.25, -0.2) is 0 Å². The normalized spacial score (nSPS) is 22.5. The first-order valence-electron chi connectivity index (χ1n) is 4.49. The van der Waals surface area contributed by atoms with Gasteiger partial charge in [0.2, 0.25) is 5.91 Å². The number of likely N-dealkylation sites (tertiary alicyclic amines) is 1. The van der Waals surface area contributed by atoms with Gasteiger partial charge in [-0.15, -0.1) is 0 Å². The summed E-state index contributed by atoms with van der Waals surface area (Å²) in [7, 11) is 0. The lowest BCUT2D eigenvalue weighted by molar-refractivity contribution is -0.129. The van der Waals surface area contributed by atoms with E-state index in [1.807, 2.05) is 18.7 Å². The third-order valence-electron chi connectivity index (χ3n) is 1.96. The van der Waals surface area contributed by atoms with Crippen LogP contribution < -0.4 is 0 Å². The lowest BCUT2D eigenvalue weighted by Gasteiger charge is -2.18. The first-order chi connectivity index (χ1) is 5.22. The zero-order chi connectivity index (χ0) is 8.85. The number of hydrogen-bond acceptors (Lipinski definition) is 1. The Morgan fingerprint density at radius 2 is 2.00 bits per heavy atom. The molecule has 0 aromatic rings. The molecule has 0 aromatic heterocycles. The molecule has 1 atom stereocenters. The summed E-state index contributed by atoms with van der Waals surface area (Å²) in [5.74, 6) is 0.222. The molecule has 0 spiro atoms. The van der Waals surface area contributed by atoms with Gasteiger partial charge in [0, 0.05) is 19.5 Å². The minimum atomic E-state index is 0.222. The van der Waals surface area contributed by atoms with Crippen molar-refractivity contribution in [2.45, 2.75) is 46.6 Å². The van der Waals surface area contributed by atoms with Crippen LogP contribution in [0.15, 0.2) is 0 Å². The van der Waals surface area contributed by atoms with Gasteiger partial charge in [-0.05, 0) is 19.8 Å². The van der Waals surface area contributed by atoms with E-state index < -0.39 is 0 Å². The lowest BCUT2D eigenvalue weighted by Crippen LogP contribution is -2.31. The van der Waals surface area contributed by atoms with Gasteiger partial charge >= 0.3 is 0 Å². The molecule has 0 radical (unpaired) electrons. The summed E-state index contributed by atoms with van der Waals surface area (Å²) in [5, 5.41) is 0. The van der Waals surface area contributed by atoms with Crippen molar-refractivity contribution >= 4 is 5.91 Å². The molecule has 66 valence electrons. The van der Waals surface area contributed by atoms with E-state index in [1.165, 1.54) is 12.8 Å². The highest BCUT2D eigenvalue weighted by molar-refractivity contribution is 5.73. The number of amides is 1. The van der Waals surface area contributed by atoms with Gasteiger partial charge in [0.05, 0.1) is 0 Å². The fourth-order valence-electron chi connectivity index (χ4n) is 1.40. The highest BCUT2D eigenvalue weighted by Crippen LogP contribution is 2.15. The molecule has 11 heavy (non-hydrogen) atoms. The molecule has 1 fully saturated rings. The first kappa shape index (κ1) is 10.5. The van der Waals surface area contributed by atoms with Crippen LogP contribution in [0.1, 0.15) is 40.5 Å². The minimum absolute atomic E-state index is 0.222. The summed E-state index contributed by atoms with van der Waals surface area (Å²) in [6, 6.07) is 0.488. The summed E-state index contributed by atoms with van der Waals surface area (Å²) in [5.41, 5.74) is 0. The second-order valence-electron chi connectivity index (χ2n) is 2.70. The van der Waals surface area contributed by atoms with Gasteiger partial charge in [0.25, 0.3) is 0 Å². The van der Waals surface area contributed by atoms with Crippen molar-refractivity contribution in [1.29, 1.82) is 0 Å². The lowest BCUT2D eigenvalue weighted by atomic mass is 10.2. The van der Waals surface area contributed by atoms with Crippen molar-refractivity contribution in [3.63, 3.8) is 0 Å². The molecule has 0 saturated carbocycles. The van der Waals surface area contributed by atoms with Crippen LogP contribution in [0.3, 0.4) is 0 Å². The van der Waals surface area contributed by atoms with E-state index >= 15 is 0 Å². The Bertz CT molecular complexity index is 123. The fraction of sp³-hybridized carbons (Fsp3) is 0.889. The number of carbonyl (C=O) groups is 1. The maximum absolute atomic E-state index is 10.8. The number of carbonyl (C=O) groups excluding carboxylic acids is 1. The number of hydrogen-bond donors (Lipinski definition) is 0. The Morgan fingerprint density at radius 1 is 1.45 bits per heavy atom. The topological polar surface area (TPSA) is 20.3 Å². The maximum Gasteiger partial charge on any atom is 0.219 e. The van der Waals surface area contributed by atoms with Crippen molar-refractivity contribution in [3.8, 4) is 0 Å². The molecular weight excluding hydrogens is 138 g/mol. The molecular formula is C9H19NO. The van der Waals surface area contributed by atoms with Crippen LogP contribution in [-0.4, -0.2) is 23.4 Å². The van der Waals surface area contributed by atoms with Crippen LogP contribution in [-0.2, 0) is 4.79 Å². The second-order valence-corrected chi connectivity index (χ2v) is 2.70. The van der Waals surface area contributed by atoms with Crippen molar-refractivity contribution in [2.75, 3.05) is 6.54 Å². The van der Waals surface area contributed by atoms with E-state index in [2.05, 4.69) is 6.92 Å². The van der Waals surface area contributed by atoms with Crippen LogP contribution in [0.4, 0.5) is 0 Å². The average Bonchev–Trinajstić information content (AvgIpc) is 2.39. The molecule has 1 heterocycles. The molecule has 1 saturated heterocycles. The van der Waals surface area contributed by atoms with Gasteiger partial charge in [-0.2, -0.15) is 0 Å². The van der Waals surface area contributed by atoms with Crippen molar-refractivity contribution in [2.24, 2.45) is 0 Å². The van der Waals surface area contributed by atoms with Gasteiger partial charge in [0.15, 0.2) is 0 Å². The monoisotopic (exact) mass is 157 g/mol. The molecule has 0 aromatic carbocycles. The molecule has 1 unspecified atom stereocenters. The maximum atomic E-state index is 10.8. The average molecular weight is 157 g/mol. The van der Waals surface area contributed by atoms with Crippen molar-refractivity contribution in [1.82, 2.24) is 4.90 Å². The van der Waals surface area contributed by atoms with E-state index in [1.54, 1.807) is 6.92 Å². The third-order valence-corrected chi connectivity index (χ3v) is 1.96. The molecule has 0 bridgehead atoms. The molecule has 1 aliphatic heterocycles. The number of rotatable bonds is 0. The second kappa shape index (κ2) is 5.16. The Balaban J connectivity index is 0.000000461. The quantitative estimate of drug-likeness (QED) is 0.527. The van der Waals surface area contributed by atoms with E-state index in [0.29, 0.717) is 6.04 Å². The summed E-state index contributed by atoms with van der Waals surface area (Å²) in [6.07, 6.45) is 2.36. The van der Waals surface area contributed by atoms with E-state index in [-0.39, 0.29) is 5.91 Å². The Morgan fingerprint density at radius 3 is 2.18 bits per heavy atom. The SMILES string of the molecule is CC.CC(=O)N1CCCC1C. The van der Waals surface area contributed by atoms with E-state index in [0.717, 1.165) is 6.54 Å². The minimum Gasteiger partial charge on any atom is -0.340 e. The van der Waals surface area contributed by atoms with Gasteiger partial charge in [-0.3, -0.25) is 4.79 Å². The summed E-state index contributed by atoms with van der Waals surface area (Å²) in [6.45, 7) is 8.72. The largest absolute Gasteiger partial charge is 0.340 e. The molecule has 1 rings (SSSR count). The van der Waals surface area contributed by atoms with Gasteiger partial charge in [0.1, 0.15) is 0 Å². The Hall–Kier alpha value is -0.530. The zero-order valence-electron chi connectivity index (χ0n) is 8.05. The molecule has 1 aliphatic rings. The van der Waals surface area contributed by atoms with E-state index in [9.17, 15) is 4.79 Å². The highest BCUT2D eigenvalue weighted by atomic mass is 16.2. The molecule has 0 N–H and O–H groups in total.